The molecule has 0 aliphatic carbocycles. The van der Waals surface area contributed by atoms with Crippen molar-refractivity contribution < 1.29 is 9.90 Å². The largest absolute Gasteiger partial charge is 0.477 e. The van der Waals surface area contributed by atoms with Crippen LogP contribution in [0.3, 0.4) is 0 Å². The van der Waals surface area contributed by atoms with E-state index in [-0.39, 0.29) is 5.56 Å². The highest BCUT2D eigenvalue weighted by Crippen LogP contribution is 2.09. The van der Waals surface area contributed by atoms with Gasteiger partial charge in [0.2, 0.25) is 5.43 Å². The zero-order valence-corrected chi connectivity index (χ0v) is 8.89. The molecule has 2 aromatic rings. The van der Waals surface area contributed by atoms with Crippen LogP contribution in [0.5, 0.6) is 0 Å². The van der Waals surface area contributed by atoms with Crippen LogP contribution < -0.4 is 5.43 Å². The van der Waals surface area contributed by atoms with Gasteiger partial charge in [-0.1, -0.05) is 0 Å². The molecular formula is C11H10N2O3. The predicted octanol–water partition coefficient (Wildman–Crippen LogP) is 0.940. The van der Waals surface area contributed by atoms with Gasteiger partial charge in [0.05, 0.1) is 5.39 Å². The van der Waals surface area contributed by atoms with Crippen molar-refractivity contribution in [3.8, 4) is 0 Å². The van der Waals surface area contributed by atoms with Gasteiger partial charge in [0.1, 0.15) is 11.2 Å². The third kappa shape index (κ3) is 1.46. The summed E-state index contributed by atoms with van der Waals surface area (Å²) in [4.78, 5) is 26.8. The topological polar surface area (TPSA) is 72.2 Å². The molecule has 0 atom stereocenters. The molecule has 2 rings (SSSR count). The number of hydrogen-bond donors (Lipinski definition) is 1. The Morgan fingerprint density at radius 2 is 2.19 bits per heavy atom. The zero-order chi connectivity index (χ0) is 11.9. The number of carbonyl (C=O) groups is 1. The molecule has 0 aliphatic heterocycles. The first-order valence-corrected chi connectivity index (χ1v) is 4.70. The van der Waals surface area contributed by atoms with E-state index < -0.39 is 11.4 Å². The molecule has 82 valence electrons. The van der Waals surface area contributed by atoms with Gasteiger partial charge < -0.3 is 9.67 Å². The number of fused-ring (bicyclic) bond motifs is 1. The first kappa shape index (κ1) is 10.4. The number of aromatic carboxylic acids is 1. The summed E-state index contributed by atoms with van der Waals surface area (Å²) < 4.78 is 1.54. The van der Waals surface area contributed by atoms with Crippen molar-refractivity contribution in [2.75, 3.05) is 0 Å². The van der Waals surface area contributed by atoms with Crippen molar-refractivity contribution in [2.45, 2.75) is 6.92 Å². The molecule has 0 unspecified atom stereocenters. The maximum atomic E-state index is 11.8. The van der Waals surface area contributed by atoms with E-state index in [9.17, 15) is 9.59 Å². The Hall–Kier alpha value is -2.17. The number of carboxylic acids is 1. The van der Waals surface area contributed by atoms with Crippen LogP contribution in [0.1, 0.15) is 15.9 Å². The van der Waals surface area contributed by atoms with Crippen molar-refractivity contribution >= 4 is 17.0 Å². The lowest BCUT2D eigenvalue weighted by atomic mass is 10.1. The summed E-state index contributed by atoms with van der Waals surface area (Å²) in [6, 6.07) is 1.65. The first-order chi connectivity index (χ1) is 7.50. The summed E-state index contributed by atoms with van der Waals surface area (Å²) >= 11 is 0. The highest BCUT2D eigenvalue weighted by Gasteiger charge is 2.13. The minimum atomic E-state index is -1.22. The number of carboxylic acid groups (broad SMARTS) is 1. The van der Waals surface area contributed by atoms with Gasteiger partial charge >= 0.3 is 5.97 Å². The Kier molecular flexibility index (Phi) is 2.23. The first-order valence-electron chi connectivity index (χ1n) is 4.70. The van der Waals surface area contributed by atoms with Gasteiger partial charge in [0.15, 0.2) is 0 Å². The molecule has 1 N–H and O–H groups in total. The van der Waals surface area contributed by atoms with E-state index in [0.29, 0.717) is 11.0 Å². The van der Waals surface area contributed by atoms with Crippen molar-refractivity contribution in [3.05, 3.63) is 39.8 Å². The molecule has 0 saturated carbocycles. The second-order valence-corrected chi connectivity index (χ2v) is 3.67. The van der Waals surface area contributed by atoms with Gasteiger partial charge in [-0.25, -0.2) is 9.78 Å². The highest BCUT2D eigenvalue weighted by molar-refractivity contribution is 5.91. The zero-order valence-electron chi connectivity index (χ0n) is 8.89. The van der Waals surface area contributed by atoms with Crippen LogP contribution in [0.25, 0.3) is 11.0 Å². The fraction of sp³-hybridized carbons (Fsp3) is 0.182. The lowest BCUT2D eigenvalue weighted by Gasteiger charge is -2.06. The molecule has 0 aliphatic rings. The maximum Gasteiger partial charge on any atom is 0.341 e. The van der Waals surface area contributed by atoms with Crippen LogP contribution in [0, 0.1) is 6.92 Å². The van der Waals surface area contributed by atoms with Crippen molar-refractivity contribution in [3.63, 3.8) is 0 Å². The minimum absolute atomic E-state index is 0.234. The monoisotopic (exact) mass is 218 g/mol. The summed E-state index contributed by atoms with van der Waals surface area (Å²) in [6.45, 7) is 1.80. The van der Waals surface area contributed by atoms with E-state index in [1.54, 1.807) is 30.8 Å². The van der Waals surface area contributed by atoms with E-state index in [0.717, 1.165) is 5.56 Å². The molecule has 0 spiro atoms. The summed E-state index contributed by atoms with van der Waals surface area (Å²) in [5, 5.41) is 9.22. The molecule has 2 heterocycles. The molecule has 0 amide bonds. The van der Waals surface area contributed by atoms with Gasteiger partial charge in [-0.2, -0.15) is 0 Å². The Morgan fingerprint density at radius 3 is 2.81 bits per heavy atom. The fourth-order valence-corrected chi connectivity index (χ4v) is 1.62. The van der Waals surface area contributed by atoms with Crippen LogP contribution in [0.15, 0.2) is 23.3 Å². The quantitative estimate of drug-likeness (QED) is 0.773. The van der Waals surface area contributed by atoms with E-state index in [2.05, 4.69) is 4.98 Å². The molecule has 0 saturated heterocycles. The summed E-state index contributed by atoms with van der Waals surface area (Å²) in [6.07, 6.45) is 2.93. The Morgan fingerprint density at radius 1 is 1.50 bits per heavy atom. The summed E-state index contributed by atoms with van der Waals surface area (Å²) in [7, 11) is 1.66. The highest BCUT2D eigenvalue weighted by atomic mass is 16.4. The average Bonchev–Trinajstić information content (AvgIpc) is 2.22. The van der Waals surface area contributed by atoms with Gasteiger partial charge in [0, 0.05) is 19.4 Å². The molecule has 16 heavy (non-hydrogen) atoms. The average molecular weight is 218 g/mol. The number of rotatable bonds is 1. The van der Waals surface area contributed by atoms with Crippen molar-refractivity contribution in [1.29, 1.82) is 0 Å². The minimum Gasteiger partial charge on any atom is -0.477 e. The molecular weight excluding hydrogens is 208 g/mol. The number of nitrogens with zero attached hydrogens (tertiary/aromatic N) is 2. The third-order valence-electron chi connectivity index (χ3n) is 2.38. The smallest absolute Gasteiger partial charge is 0.341 e. The molecule has 5 heteroatoms. The van der Waals surface area contributed by atoms with Gasteiger partial charge in [-0.3, -0.25) is 4.79 Å². The Balaban J connectivity index is 2.98. The molecule has 0 radical (unpaired) electrons. The number of pyridine rings is 2. The third-order valence-corrected chi connectivity index (χ3v) is 2.38. The SMILES string of the molecule is Cc1cnc2c(c1)c(=O)c(C(=O)O)cn2C. The van der Waals surface area contributed by atoms with E-state index >= 15 is 0 Å². The maximum absolute atomic E-state index is 11.8. The standard InChI is InChI=1S/C11H10N2O3/c1-6-3-7-9(14)8(11(15)16)5-13(2)10(7)12-4-6/h3-5H,1-2H3,(H,15,16). The molecule has 2 aromatic heterocycles. The Labute approximate surface area is 91.0 Å². The lowest BCUT2D eigenvalue weighted by molar-refractivity contribution is 0.0695. The number of hydrogen-bond acceptors (Lipinski definition) is 3. The fourth-order valence-electron chi connectivity index (χ4n) is 1.62. The number of aromatic nitrogens is 2. The molecule has 5 nitrogen and oxygen atoms in total. The van der Waals surface area contributed by atoms with Crippen molar-refractivity contribution in [2.24, 2.45) is 7.05 Å². The van der Waals surface area contributed by atoms with Crippen LogP contribution >= 0.6 is 0 Å². The van der Waals surface area contributed by atoms with Gasteiger partial charge in [-0.15, -0.1) is 0 Å². The summed E-state index contributed by atoms with van der Waals surface area (Å²) in [5.74, 6) is -1.22. The van der Waals surface area contributed by atoms with Gasteiger partial charge in [0.25, 0.3) is 0 Å². The lowest BCUT2D eigenvalue weighted by Crippen LogP contribution is -2.18. The Bertz CT molecular complexity index is 643. The predicted molar refractivity (Wildman–Crippen MR) is 58.7 cm³/mol. The van der Waals surface area contributed by atoms with Crippen LogP contribution in [-0.2, 0) is 7.05 Å². The van der Waals surface area contributed by atoms with Crippen LogP contribution in [0.4, 0.5) is 0 Å². The molecule has 0 bridgehead atoms. The van der Waals surface area contributed by atoms with Crippen molar-refractivity contribution in [1.82, 2.24) is 9.55 Å². The normalized spacial score (nSPS) is 10.6. The molecule has 0 aromatic carbocycles. The second-order valence-electron chi connectivity index (χ2n) is 3.67. The van der Waals surface area contributed by atoms with Gasteiger partial charge in [-0.05, 0) is 18.6 Å². The van der Waals surface area contributed by atoms with E-state index in [4.69, 9.17) is 5.11 Å². The summed E-state index contributed by atoms with van der Waals surface area (Å²) in [5.41, 5.74) is 0.590. The van der Waals surface area contributed by atoms with E-state index in [1.165, 1.54) is 6.20 Å². The number of aryl methyl sites for hydroxylation is 2. The molecule has 0 fully saturated rings. The van der Waals surface area contributed by atoms with Crippen LogP contribution in [-0.4, -0.2) is 20.6 Å². The van der Waals surface area contributed by atoms with Crippen LogP contribution in [0.2, 0.25) is 0 Å². The van der Waals surface area contributed by atoms with E-state index in [1.807, 2.05) is 0 Å². The second kappa shape index (κ2) is 3.44.